The number of oxazole rings is 2. The Labute approximate surface area is 230 Å². The van der Waals surface area contributed by atoms with E-state index in [4.69, 9.17) is 37.0 Å². The molecule has 196 valence electrons. The predicted molar refractivity (Wildman–Crippen MR) is 154 cm³/mol. The van der Waals surface area contributed by atoms with Crippen LogP contribution in [0.25, 0.3) is 45.2 Å². The molecule has 0 atom stereocenters. The van der Waals surface area contributed by atoms with Crippen molar-refractivity contribution in [2.45, 2.75) is 0 Å². The number of fused-ring (bicyclic) bond motifs is 2. The molecule has 1 aliphatic heterocycles. The van der Waals surface area contributed by atoms with Crippen molar-refractivity contribution in [1.29, 1.82) is 0 Å². The van der Waals surface area contributed by atoms with Gasteiger partial charge in [-0.3, -0.25) is 0 Å². The van der Waals surface area contributed by atoms with Gasteiger partial charge in [0.25, 0.3) is 0 Å². The average molecular weight is 551 g/mol. The lowest BCUT2D eigenvalue weighted by molar-refractivity contribution is 0.312. The number of alkyl halides is 2. The van der Waals surface area contributed by atoms with E-state index in [2.05, 4.69) is 31.7 Å². The summed E-state index contributed by atoms with van der Waals surface area (Å²) in [6.07, 6.45) is 0. The average Bonchev–Trinajstić information content (AvgIpc) is 3.57. The largest absolute Gasteiger partial charge is 0.436 e. The minimum absolute atomic E-state index is 0.505. The smallest absolute Gasteiger partial charge is 0.249 e. The number of halogens is 2. The highest BCUT2D eigenvalue weighted by atomic mass is 35.5. The summed E-state index contributed by atoms with van der Waals surface area (Å²) in [7, 11) is 2.14. The third-order valence-corrected chi connectivity index (χ3v) is 7.23. The maximum atomic E-state index is 6.13. The lowest BCUT2D eigenvalue weighted by Crippen LogP contribution is -2.44. The van der Waals surface area contributed by atoms with Gasteiger partial charge in [0, 0.05) is 67.8 Å². The number of anilines is 2. The second-order valence-electron chi connectivity index (χ2n) is 9.42. The fourth-order valence-corrected chi connectivity index (χ4v) is 5.12. The minimum Gasteiger partial charge on any atom is -0.436 e. The fraction of sp³-hybridized carbons (Fsp3) is 0.321. The number of nitrogens with zero attached hydrogens (tertiary/aromatic N) is 6. The lowest BCUT2D eigenvalue weighted by atomic mass is 10.2. The van der Waals surface area contributed by atoms with E-state index < -0.39 is 0 Å². The van der Waals surface area contributed by atoms with Crippen LogP contribution in [-0.4, -0.2) is 77.9 Å². The molecule has 5 aromatic rings. The summed E-state index contributed by atoms with van der Waals surface area (Å²) >= 11 is 11.9. The van der Waals surface area contributed by atoms with Crippen LogP contribution in [0, 0.1) is 0 Å². The van der Waals surface area contributed by atoms with Crippen LogP contribution in [0.3, 0.4) is 0 Å². The zero-order chi connectivity index (χ0) is 26.1. The van der Waals surface area contributed by atoms with Gasteiger partial charge in [-0.15, -0.1) is 23.2 Å². The number of pyridine rings is 1. The molecule has 10 heteroatoms. The summed E-state index contributed by atoms with van der Waals surface area (Å²) in [5, 5.41) is 0. The van der Waals surface area contributed by atoms with Crippen LogP contribution in [0.4, 0.5) is 11.5 Å². The lowest BCUT2D eigenvalue weighted by Gasteiger charge is -2.33. The number of likely N-dealkylation sites (N-methyl/N-ethyl adjacent to an activating group) is 1. The molecule has 2 aromatic carbocycles. The molecule has 0 bridgehead atoms. The molecule has 0 aliphatic carbocycles. The molecule has 0 unspecified atom stereocenters. The fourth-order valence-electron chi connectivity index (χ4n) is 4.71. The van der Waals surface area contributed by atoms with Crippen molar-refractivity contribution < 1.29 is 8.83 Å². The van der Waals surface area contributed by atoms with Crippen molar-refractivity contribution in [3.63, 3.8) is 0 Å². The van der Waals surface area contributed by atoms with Crippen LogP contribution in [0.2, 0.25) is 0 Å². The molecule has 8 nitrogen and oxygen atoms in total. The van der Waals surface area contributed by atoms with Crippen LogP contribution >= 0.6 is 23.2 Å². The predicted octanol–water partition coefficient (Wildman–Crippen LogP) is 5.73. The van der Waals surface area contributed by atoms with Crippen molar-refractivity contribution in [3.05, 3.63) is 54.6 Å². The number of hydrogen-bond acceptors (Lipinski definition) is 8. The highest BCUT2D eigenvalue weighted by Gasteiger charge is 2.18. The van der Waals surface area contributed by atoms with E-state index in [0.29, 0.717) is 34.8 Å². The Bertz CT molecular complexity index is 1540. The van der Waals surface area contributed by atoms with Gasteiger partial charge < -0.3 is 23.5 Å². The molecule has 1 saturated heterocycles. The molecule has 3 aromatic heterocycles. The standard InChI is InChI=1S/C28H28Cl2N6O2/c1-34-14-16-36(17-15-34)25-9-8-23-28(33-25)38-27(32-23)20-4-7-22-24(18-20)37-26(31-22)19-2-5-21(6-3-19)35(12-10-29)13-11-30/h2-9,18H,10-17H2,1H3. The molecule has 0 radical (unpaired) electrons. The van der Waals surface area contributed by atoms with Crippen molar-refractivity contribution in [2.75, 3.05) is 67.9 Å². The van der Waals surface area contributed by atoms with Crippen LogP contribution in [0.1, 0.15) is 0 Å². The Morgan fingerprint density at radius 1 is 0.763 bits per heavy atom. The maximum Gasteiger partial charge on any atom is 0.249 e. The van der Waals surface area contributed by atoms with Crippen LogP contribution in [0.5, 0.6) is 0 Å². The zero-order valence-corrected chi connectivity index (χ0v) is 22.6. The third kappa shape index (κ3) is 5.04. The van der Waals surface area contributed by atoms with Gasteiger partial charge in [0.2, 0.25) is 17.5 Å². The van der Waals surface area contributed by atoms with Gasteiger partial charge >= 0.3 is 0 Å². The molecule has 1 fully saturated rings. The Kier molecular flexibility index (Phi) is 7.10. The summed E-state index contributed by atoms with van der Waals surface area (Å²) in [6.45, 7) is 5.41. The monoisotopic (exact) mass is 550 g/mol. The summed E-state index contributed by atoms with van der Waals surface area (Å²) in [6, 6.07) is 17.8. The molecule has 6 rings (SSSR count). The Morgan fingerprint density at radius 2 is 1.42 bits per heavy atom. The molecular weight excluding hydrogens is 523 g/mol. The molecule has 38 heavy (non-hydrogen) atoms. The normalized spacial score (nSPS) is 14.6. The Morgan fingerprint density at radius 3 is 2.16 bits per heavy atom. The van der Waals surface area contributed by atoms with Gasteiger partial charge in [0.05, 0.1) is 0 Å². The first-order chi connectivity index (χ1) is 18.6. The minimum atomic E-state index is 0.505. The van der Waals surface area contributed by atoms with E-state index in [-0.39, 0.29) is 0 Å². The topological polar surface area (TPSA) is 74.7 Å². The quantitative estimate of drug-likeness (QED) is 0.226. The first-order valence-electron chi connectivity index (χ1n) is 12.7. The SMILES string of the molecule is CN1CCN(c2ccc3nc(-c4ccc5nc(-c6ccc(N(CCCl)CCCl)cc6)oc5c4)oc3n2)CC1. The summed E-state index contributed by atoms with van der Waals surface area (Å²) in [5.74, 6) is 3.06. The van der Waals surface area contributed by atoms with Gasteiger partial charge in [0.1, 0.15) is 16.9 Å². The third-order valence-electron chi connectivity index (χ3n) is 6.89. The van der Waals surface area contributed by atoms with Crippen molar-refractivity contribution in [1.82, 2.24) is 19.9 Å². The van der Waals surface area contributed by atoms with Crippen molar-refractivity contribution in [2.24, 2.45) is 0 Å². The van der Waals surface area contributed by atoms with Gasteiger partial charge in [-0.1, -0.05) is 0 Å². The molecule has 4 heterocycles. The number of aromatic nitrogens is 3. The molecule has 0 spiro atoms. The first kappa shape index (κ1) is 25.0. The highest BCUT2D eigenvalue weighted by molar-refractivity contribution is 6.18. The van der Waals surface area contributed by atoms with E-state index in [1.807, 2.05) is 54.6 Å². The highest BCUT2D eigenvalue weighted by Crippen LogP contribution is 2.31. The van der Waals surface area contributed by atoms with Gasteiger partial charge in [-0.2, -0.15) is 4.98 Å². The number of benzene rings is 2. The van der Waals surface area contributed by atoms with Crippen LogP contribution in [-0.2, 0) is 0 Å². The maximum absolute atomic E-state index is 6.13. The van der Waals surface area contributed by atoms with E-state index in [0.717, 1.165) is 72.9 Å². The summed E-state index contributed by atoms with van der Waals surface area (Å²) in [4.78, 5) is 20.9. The Balaban J connectivity index is 1.24. The summed E-state index contributed by atoms with van der Waals surface area (Å²) < 4.78 is 12.2. The first-order valence-corrected chi connectivity index (χ1v) is 13.8. The van der Waals surface area contributed by atoms with Crippen molar-refractivity contribution >= 4 is 57.0 Å². The summed E-state index contributed by atoms with van der Waals surface area (Å²) in [5.41, 5.74) is 5.47. The number of hydrogen-bond donors (Lipinski definition) is 0. The van der Waals surface area contributed by atoms with E-state index in [1.54, 1.807) is 0 Å². The van der Waals surface area contributed by atoms with Crippen LogP contribution < -0.4 is 9.80 Å². The van der Waals surface area contributed by atoms with Crippen molar-refractivity contribution in [3.8, 4) is 22.9 Å². The van der Waals surface area contributed by atoms with E-state index in [9.17, 15) is 0 Å². The molecule has 0 N–H and O–H groups in total. The molecule has 0 saturated carbocycles. The van der Waals surface area contributed by atoms with Gasteiger partial charge in [-0.05, 0) is 61.6 Å². The second-order valence-corrected chi connectivity index (χ2v) is 10.2. The van der Waals surface area contributed by atoms with E-state index >= 15 is 0 Å². The zero-order valence-electron chi connectivity index (χ0n) is 21.1. The van der Waals surface area contributed by atoms with E-state index in [1.165, 1.54) is 0 Å². The molecule has 1 aliphatic rings. The Hall–Kier alpha value is -3.33. The van der Waals surface area contributed by atoms with Crippen LogP contribution in [0.15, 0.2) is 63.4 Å². The second kappa shape index (κ2) is 10.8. The number of piperazine rings is 1. The molecule has 0 amide bonds. The van der Waals surface area contributed by atoms with Gasteiger partial charge in [-0.25, -0.2) is 9.97 Å². The van der Waals surface area contributed by atoms with Gasteiger partial charge in [0.15, 0.2) is 5.58 Å². The number of rotatable bonds is 8. The molecular formula is C28H28Cl2N6O2.